The summed E-state index contributed by atoms with van der Waals surface area (Å²) in [5, 5.41) is 3.48. The van der Waals surface area contributed by atoms with E-state index in [9.17, 15) is 9.59 Å². The summed E-state index contributed by atoms with van der Waals surface area (Å²) in [5.74, 6) is -0.407. The van der Waals surface area contributed by atoms with E-state index in [0.29, 0.717) is 37.5 Å². The number of hydrogen-bond acceptors (Lipinski definition) is 3. The van der Waals surface area contributed by atoms with E-state index < -0.39 is 0 Å². The van der Waals surface area contributed by atoms with Crippen molar-refractivity contribution in [2.75, 3.05) is 13.1 Å². The van der Waals surface area contributed by atoms with Crippen LogP contribution in [0.15, 0.2) is 24.5 Å². The monoisotopic (exact) mass is 335 g/mol. The number of likely N-dealkylation sites (tertiary alicyclic amines) is 1. The van der Waals surface area contributed by atoms with Crippen LogP contribution in [-0.2, 0) is 11.3 Å². The van der Waals surface area contributed by atoms with Crippen LogP contribution in [0.1, 0.15) is 18.5 Å². The molecule has 2 aromatic rings. The van der Waals surface area contributed by atoms with Gasteiger partial charge < -0.3 is 20.4 Å². The van der Waals surface area contributed by atoms with Gasteiger partial charge in [-0.25, -0.2) is 9.78 Å². The molecule has 3 rings (SSSR count). The largest absolute Gasteiger partial charge is 0.369 e. The molecule has 0 radical (unpaired) electrons. The molecule has 0 aliphatic carbocycles. The number of imidazole rings is 1. The van der Waals surface area contributed by atoms with Crippen LogP contribution in [0.5, 0.6) is 0 Å². The molecule has 0 saturated carbocycles. The number of carbonyl (C=O) groups is 2. The van der Waals surface area contributed by atoms with Crippen LogP contribution in [0.3, 0.4) is 0 Å². The van der Waals surface area contributed by atoms with Crippen molar-refractivity contribution >= 4 is 29.2 Å². The number of nitrogens with one attached hydrogen (secondary N) is 1. The molecule has 0 bridgehead atoms. The molecule has 23 heavy (non-hydrogen) atoms. The van der Waals surface area contributed by atoms with Crippen molar-refractivity contribution in [1.29, 1.82) is 0 Å². The average Bonchev–Trinajstić information content (AvgIpc) is 2.94. The molecule has 1 aliphatic rings. The van der Waals surface area contributed by atoms with Crippen LogP contribution in [-0.4, -0.2) is 39.3 Å². The fourth-order valence-corrected chi connectivity index (χ4v) is 2.92. The lowest BCUT2D eigenvalue weighted by Crippen LogP contribution is -2.46. The summed E-state index contributed by atoms with van der Waals surface area (Å²) in [4.78, 5) is 29.4. The summed E-state index contributed by atoms with van der Waals surface area (Å²) in [6.07, 6.45) is 4.84. The predicted molar refractivity (Wildman–Crippen MR) is 85.9 cm³/mol. The van der Waals surface area contributed by atoms with E-state index in [1.807, 2.05) is 16.7 Å². The molecule has 1 fully saturated rings. The molecular weight excluding hydrogens is 318 g/mol. The molecule has 1 aliphatic heterocycles. The van der Waals surface area contributed by atoms with Gasteiger partial charge in [0.05, 0.1) is 17.3 Å². The third kappa shape index (κ3) is 3.56. The van der Waals surface area contributed by atoms with Crippen LogP contribution in [0.2, 0.25) is 5.02 Å². The zero-order valence-electron chi connectivity index (χ0n) is 12.5. The summed E-state index contributed by atoms with van der Waals surface area (Å²) in [6, 6.07) is 3.44. The second-order valence-corrected chi connectivity index (χ2v) is 6.10. The van der Waals surface area contributed by atoms with Gasteiger partial charge in [0.1, 0.15) is 5.65 Å². The zero-order chi connectivity index (χ0) is 16.4. The van der Waals surface area contributed by atoms with Crippen molar-refractivity contribution in [3.63, 3.8) is 0 Å². The molecule has 0 atom stereocenters. The van der Waals surface area contributed by atoms with Gasteiger partial charge in [-0.1, -0.05) is 11.6 Å². The molecule has 3 heterocycles. The predicted octanol–water partition coefficient (Wildman–Crippen LogP) is 1.39. The summed E-state index contributed by atoms with van der Waals surface area (Å²) in [6.45, 7) is 1.42. The third-order valence-electron chi connectivity index (χ3n) is 4.07. The third-order valence-corrected chi connectivity index (χ3v) is 4.29. The highest BCUT2D eigenvalue weighted by atomic mass is 35.5. The van der Waals surface area contributed by atoms with Crippen LogP contribution >= 0.6 is 11.6 Å². The smallest absolute Gasteiger partial charge is 0.317 e. The zero-order valence-corrected chi connectivity index (χ0v) is 13.3. The first-order chi connectivity index (χ1) is 11.0. The Bertz CT molecular complexity index is 737. The van der Waals surface area contributed by atoms with Crippen LogP contribution in [0.25, 0.3) is 5.65 Å². The maximum Gasteiger partial charge on any atom is 0.317 e. The molecule has 1 saturated heterocycles. The number of aromatic nitrogens is 2. The minimum Gasteiger partial charge on any atom is -0.369 e. The number of nitrogens with two attached hydrogens (primary N) is 1. The normalized spacial score (nSPS) is 15.8. The standard InChI is InChI=1S/C15H18ClN5O2/c16-11-1-2-13-19-12(9-21(13)8-11)7-18-15(23)20-5-3-10(4-6-20)14(17)22/h1-2,8-10H,3-7H2,(H2,17,22)(H,18,23). The fourth-order valence-electron chi connectivity index (χ4n) is 2.75. The quantitative estimate of drug-likeness (QED) is 0.887. The second kappa shape index (κ2) is 6.45. The van der Waals surface area contributed by atoms with E-state index in [2.05, 4.69) is 10.3 Å². The van der Waals surface area contributed by atoms with Crippen LogP contribution in [0.4, 0.5) is 4.79 Å². The molecule has 0 unspecified atom stereocenters. The first-order valence-corrected chi connectivity index (χ1v) is 7.86. The molecule has 7 nitrogen and oxygen atoms in total. The lowest BCUT2D eigenvalue weighted by Gasteiger charge is -2.30. The summed E-state index contributed by atoms with van der Waals surface area (Å²) in [7, 11) is 0. The SMILES string of the molecule is NC(=O)C1CCN(C(=O)NCc2cn3cc(Cl)ccc3n2)CC1. The van der Waals surface area contributed by atoms with Gasteiger partial charge in [-0.15, -0.1) is 0 Å². The minimum atomic E-state index is -0.284. The van der Waals surface area contributed by atoms with E-state index >= 15 is 0 Å². The Balaban J connectivity index is 1.55. The molecule has 3 amide bonds. The minimum absolute atomic E-state index is 0.123. The second-order valence-electron chi connectivity index (χ2n) is 5.67. The topological polar surface area (TPSA) is 92.7 Å². The number of hydrogen-bond donors (Lipinski definition) is 2. The number of piperidine rings is 1. The summed E-state index contributed by atoms with van der Waals surface area (Å²) in [5.41, 5.74) is 6.83. The average molecular weight is 336 g/mol. The van der Waals surface area contributed by atoms with Gasteiger partial charge in [0, 0.05) is 31.4 Å². The van der Waals surface area contributed by atoms with E-state index in [1.165, 1.54) is 0 Å². The number of rotatable bonds is 3. The van der Waals surface area contributed by atoms with E-state index in [1.54, 1.807) is 17.2 Å². The number of fused-ring (bicyclic) bond motifs is 1. The van der Waals surface area contributed by atoms with Gasteiger partial charge in [0.15, 0.2) is 0 Å². The number of pyridine rings is 1. The van der Waals surface area contributed by atoms with Crippen molar-refractivity contribution < 1.29 is 9.59 Å². The molecule has 0 spiro atoms. The molecular formula is C15H18ClN5O2. The molecule has 122 valence electrons. The Morgan fingerprint density at radius 1 is 1.30 bits per heavy atom. The Morgan fingerprint density at radius 3 is 2.74 bits per heavy atom. The molecule has 0 aromatic carbocycles. The van der Waals surface area contributed by atoms with Gasteiger partial charge in [0.2, 0.25) is 5.91 Å². The van der Waals surface area contributed by atoms with Crippen molar-refractivity contribution in [2.45, 2.75) is 19.4 Å². The van der Waals surface area contributed by atoms with Crippen molar-refractivity contribution in [2.24, 2.45) is 11.7 Å². The first-order valence-electron chi connectivity index (χ1n) is 7.48. The highest BCUT2D eigenvalue weighted by Gasteiger charge is 2.25. The lowest BCUT2D eigenvalue weighted by atomic mass is 9.96. The summed E-state index contributed by atoms with van der Waals surface area (Å²) >= 11 is 5.93. The van der Waals surface area contributed by atoms with Gasteiger partial charge in [-0.2, -0.15) is 0 Å². The Morgan fingerprint density at radius 2 is 2.04 bits per heavy atom. The van der Waals surface area contributed by atoms with E-state index in [-0.39, 0.29) is 17.9 Å². The maximum atomic E-state index is 12.2. The number of nitrogens with zero attached hydrogens (tertiary/aromatic N) is 3. The van der Waals surface area contributed by atoms with Gasteiger partial charge in [0.25, 0.3) is 0 Å². The molecule has 8 heteroatoms. The maximum absolute atomic E-state index is 12.2. The van der Waals surface area contributed by atoms with Gasteiger partial charge >= 0.3 is 6.03 Å². The van der Waals surface area contributed by atoms with Crippen LogP contribution in [0, 0.1) is 5.92 Å². The van der Waals surface area contributed by atoms with Gasteiger partial charge in [-0.3, -0.25) is 4.79 Å². The number of urea groups is 1. The molecule has 3 N–H and O–H groups in total. The lowest BCUT2D eigenvalue weighted by molar-refractivity contribution is -0.123. The molecule has 2 aromatic heterocycles. The summed E-state index contributed by atoms with van der Waals surface area (Å²) < 4.78 is 1.82. The van der Waals surface area contributed by atoms with Crippen molar-refractivity contribution in [3.05, 3.63) is 35.2 Å². The van der Waals surface area contributed by atoms with Gasteiger partial charge in [-0.05, 0) is 25.0 Å². The van der Waals surface area contributed by atoms with E-state index in [4.69, 9.17) is 17.3 Å². The highest BCUT2D eigenvalue weighted by Crippen LogP contribution is 2.16. The van der Waals surface area contributed by atoms with Crippen molar-refractivity contribution in [1.82, 2.24) is 19.6 Å². The number of carbonyl (C=O) groups excluding carboxylic acids is 2. The Labute approximate surface area is 138 Å². The number of primary amides is 1. The Hall–Kier alpha value is -2.28. The highest BCUT2D eigenvalue weighted by molar-refractivity contribution is 6.30. The Kier molecular flexibility index (Phi) is 4.38. The number of halogens is 1. The van der Waals surface area contributed by atoms with Crippen molar-refractivity contribution in [3.8, 4) is 0 Å². The fraction of sp³-hybridized carbons (Fsp3) is 0.400. The van der Waals surface area contributed by atoms with E-state index in [0.717, 1.165) is 11.3 Å². The van der Waals surface area contributed by atoms with Crippen LogP contribution < -0.4 is 11.1 Å². The first kappa shape index (κ1) is 15.6. The number of amides is 3.